The van der Waals surface area contributed by atoms with E-state index in [0.717, 1.165) is 10.4 Å². The SMILES string of the molecule is COc1ccc(S(=O)(=O)NCCC(=O)NC(c2ccc(F)cc2)c2cccs2)cc1OC. The van der Waals surface area contributed by atoms with Crippen LogP contribution in [0.15, 0.2) is 64.9 Å². The number of carbonyl (C=O) groups excluding carboxylic acids is 1. The summed E-state index contributed by atoms with van der Waals surface area (Å²) in [6.07, 6.45) is -0.0738. The predicted molar refractivity (Wildman–Crippen MR) is 120 cm³/mol. The number of hydrogen-bond donors (Lipinski definition) is 2. The first-order valence-corrected chi connectivity index (χ1v) is 12.0. The summed E-state index contributed by atoms with van der Waals surface area (Å²) in [5.74, 6) is -0.0187. The van der Waals surface area contributed by atoms with Gasteiger partial charge in [0, 0.05) is 23.9 Å². The lowest BCUT2D eigenvalue weighted by atomic mass is 10.1. The number of sulfonamides is 1. The van der Waals surface area contributed by atoms with Crippen LogP contribution in [-0.4, -0.2) is 35.1 Å². The van der Waals surface area contributed by atoms with E-state index in [1.54, 1.807) is 12.1 Å². The van der Waals surface area contributed by atoms with E-state index in [4.69, 9.17) is 9.47 Å². The first-order valence-electron chi connectivity index (χ1n) is 9.64. The van der Waals surface area contributed by atoms with E-state index in [-0.39, 0.29) is 35.3 Å². The maximum Gasteiger partial charge on any atom is 0.240 e. The summed E-state index contributed by atoms with van der Waals surface area (Å²) in [7, 11) is -0.977. The van der Waals surface area contributed by atoms with Crippen molar-refractivity contribution in [2.24, 2.45) is 0 Å². The van der Waals surface area contributed by atoms with Gasteiger partial charge in [0.15, 0.2) is 11.5 Å². The molecule has 170 valence electrons. The van der Waals surface area contributed by atoms with Crippen LogP contribution in [0.3, 0.4) is 0 Å². The standard InChI is InChI=1S/C22H23FN2O5S2/c1-29-18-10-9-17(14-19(18)30-2)32(27,28)24-12-11-21(26)25-22(20-4-3-13-31-20)15-5-7-16(23)8-6-15/h3-10,13-14,22,24H,11-12H2,1-2H3,(H,25,26). The first kappa shape index (κ1) is 23.7. The highest BCUT2D eigenvalue weighted by Crippen LogP contribution is 2.29. The van der Waals surface area contributed by atoms with Gasteiger partial charge in [0.1, 0.15) is 5.82 Å². The second-order valence-electron chi connectivity index (χ2n) is 6.73. The maximum atomic E-state index is 13.3. The molecule has 0 aliphatic rings. The van der Waals surface area contributed by atoms with Crippen molar-refractivity contribution in [1.29, 1.82) is 0 Å². The van der Waals surface area contributed by atoms with Crippen molar-refractivity contribution in [1.82, 2.24) is 10.0 Å². The number of carbonyl (C=O) groups is 1. The fourth-order valence-electron chi connectivity index (χ4n) is 3.03. The topological polar surface area (TPSA) is 93.7 Å². The summed E-state index contributed by atoms with van der Waals surface area (Å²) >= 11 is 1.46. The Hall–Kier alpha value is -2.95. The zero-order valence-corrected chi connectivity index (χ0v) is 19.1. The molecule has 0 bridgehead atoms. The third kappa shape index (κ3) is 5.84. The van der Waals surface area contributed by atoms with Gasteiger partial charge in [-0.2, -0.15) is 0 Å². The molecule has 3 aromatic rings. The molecule has 0 spiro atoms. The number of hydrogen-bond acceptors (Lipinski definition) is 6. The molecule has 10 heteroatoms. The van der Waals surface area contributed by atoms with Gasteiger partial charge in [-0.3, -0.25) is 4.79 Å². The Kier molecular flexibility index (Phi) is 7.84. The van der Waals surface area contributed by atoms with E-state index >= 15 is 0 Å². The molecule has 3 rings (SSSR count). The van der Waals surface area contributed by atoms with Crippen molar-refractivity contribution in [3.8, 4) is 11.5 Å². The largest absolute Gasteiger partial charge is 0.493 e. The van der Waals surface area contributed by atoms with Crippen molar-refractivity contribution in [3.05, 3.63) is 76.2 Å². The lowest BCUT2D eigenvalue weighted by Gasteiger charge is -2.18. The van der Waals surface area contributed by atoms with E-state index in [0.29, 0.717) is 5.75 Å². The monoisotopic (exact) mass is 478 g/mol. The highest BCUT2D eigenvalue weighted by molar-refractivity contribution is 7.89. The third-order valence-corrected chi connectivity index (χ3v) is 7.04. The summed E-state index contributed by atoms with van der Waals surface area (Å²) in [5, 5.41) is 4.78. The number of halogens is 1. The maximum absolute atomic E-state index is 13.3. The molecule has 1 aromatic heterocycles. The molecule has 0 aliphatic heterocycles. The first-order chi connectivity index (χ1) is 15.3. The molecule has 7 nitrogen and oxygen atoms in total. The third-order valence-electron chi connectivity index (χ3n) is 4.65. The molecule has 0 saturated heterocycles. The highest BCUT2D eigenvalue weighted by atomic mass is 32.2. The van der Waals surface area contributed by atoms with Crippen LogP contribution >= 0.6 is 11.3 Å². The van der Waals surface area contributed by atoms with E-state index < -0.39 is 16.1 Å². The van der Waals surface area contributed by atoms with E-state index in [1.807, 2.05) is 17.5 Å². The molecule has 2 N–H and O–H groups in total. The van der Waals surface area contributed by atoms with E-state index in [2.05, 4.69) is 10.0 Å². The van der Waals surface area contributed by atoms with Gasteiger partial charge < -0.3 is 14.8 Å². The van der Waals surface area contributed by atoms with Gasteiger partial charge in [-0.25, -0.2) is 17.5 Å². The minimum atomic E-state index is -3.85. The van der Waals surface area contributed by atoms with Crippen LogP contribution in [0.2, 0.25) is 0 Å². The van der Waals surface area contributed by atoms with Crippen molar-refractivity contribution < 1.29 is 27.1 Å². The summed E-state index contributed by atoms with van der Waals surface area (Å²) in [6, 6.07) is 13.4. The minimum absolute atomic E-state index is 0.00154. The second kappa shape index (κ2) is 10.6. The van der Waals surface area contributed by atoms with Crippen LogP contribution in [0.25, 0.3) is 0 Å². The Labute approximate surface area is 190 Å². The van der Waals surface area contributed by atoms with Crippen LogP contribution in [0.5, 0.6) is 11.5 Å². The molecule has 32 heavy (non-hydrogen) atoms. The smallest absolute Gasteiger partial charge is 0.240 e. The normalized spacial score (nSPS) is 12.2. The fraction of sp³-hybridized carbons (Fsp3) is 0.227. The van der Waals surface area contributed by atoms with Crippen molar-refractivity contribution in [3.63, 3.8) is 0 Å². The summed E-state index contributed by atoms with van der Waals surface area (Å²) in [6.45, 7) is -0.0942. The highest BCUT2D eigenvalue weighted by Gasteiger charge is 2.20. The van der Waals surface area contributed by atoms with Gasteiger partial charge in [0.25, 0.3) is 0 Å². The van der Waals surface area contributed by atoms with E-state index in [9.17, 15) is 17.6 Å². The summed E-state index contributed by atoms with van der Waals surface area (Å²) < 4.78 is 51.1. The zero-order chi connectivity index (χ0) is 23.1. The second-order valence-corrected chi connectivity index (χ2v) is 9.48. The minimum Gasteiger partial charge on any atom is -0.493 e. The van der Waals surface area contributed by atoms with Crippen LogP contribution in [0.4, 0.5) is 4.39 Å². The Morgan fingerprint density at radius 1 is 1.06 bits per heavy atom. The van der Waals surface area contributed by atoms with Crippen molar-refractivity contribution >= 4 is 27.3 Å². The number of nitrogens with one attached hydrogen (secondary N) is 2. The molecule has 0 saturated carbocycles. The summed E-state index contributed by atoms with van der Waals surface area (Å²) in [5.41, 5.74) is 0.730. The molecular formula is C22H23FN2O5S2. The van der Waals surface area contributed by atoms with Crippen LogP contribution in [-0.2, 0) is 14.8 Å². The Morgan fingerprint density at radius 3 is 2.41 bits per heavy atom. The number of benzene rings is 2. The van der Waals surface area contributed by atoms with Gasteiger partial charge in [-0.05, 0) is 41.3 Å². The Balaban J connectivity index is 1.63. The number of rotatable bonds is 10. The predicted octanol–water partition coefficient (Wildman–Crippen LogP) is 3.48. The lowest BCUT2D eigenvalue weighted by molar-refractivity contribution is -0.121. The molecule has 1 atom stereocenters. The Morgan fingerprint density at radius 2 is 1.78 bits per heavy atom. The summed E-state index contributed by atoms with van der Waals surface area (Å²) in [4.78, 5) is 13.4. The number of ether oxygens (including phenoxy) is 2. The lowest BCUT2D eigenvalue weighted by Crippen LogP contribution is -2.33. The molecule has 0 fully saturated rings. The quantitative estimate of drug-likeness (QED) is 0.465. The van der Waals surface area contributed by atoms with E-state index in [1.165, 1.54) is 55.9 Å². The van der Waals surface area contributed by atoms with Crippen LogP contribution in [0.1, 0.15) is 22.9 Å². The molecule has 1 amide bonds. The molecule has 0 radical (unpaired) electrons. The molecular weight excluding hydrogens is 455 g/mol. The van der Waals surface area contributed by atoms with Crippen molar-refractivity contribution in [2.45, 2.75) is 17.4 Å². The zero-order valence-electron chi connectivity index (χ0n) is 17.5. The number of methoxy groups -OCH3 is 2. The van der Waals surface area contributed by atoms with Crippen LogP contribution < -0.4 is 19.5 Å². The number of amides is 1. The van der Waals surface area contributed by atoms with Gasteiger partial charge in [0.2, 0.25) is 15.9 Å². The average molecular weight is 479 g/mol. The molecule has 1 heterocycles. The molecule has 0 aliphatic carbocycles. The number of thiophene rings is 1. The van der Waals surface area contributed by atoms with Gasteiger partial charge >= 0.3 is 0 Å². The fourth-order valence-corrected chi connectivity index (χ4v) is 4.88. The molecule has 2 aromatic carbocycles. The van der Waals surface area contributed by atoms with Crippen molar-refractivity contribution in [2.75, 3.05) is 20.8 Å². The van der Waals surface area contributed by atoms with Crippen LogP contribution in [0, 0.1) is 5.82 Å². The van der Waals surface area contributed by atoms with Gasteiger partial charge in [-0.1, -0.05) is 18.2 Å². The van der Waals surface area contributed by atoms with Gasteiger partial charge in [-0.15, -0.1) is 11.3 Å². The van der Waals surface area contributed by atoms with Gasteiger partial charge in [0.05, 0.1) is 25.2 Å². The average Bonchev–Trinajstić information content (AvgIpc) is 3.32. The molecule has 1 unspecified atom stereocenters. The Bertz CT molecular complexity index is 1150.